The first-order valence-electron chi connectivity index (χ1n) is 5.59. The van der Waals surface area contributed by atoms with Gasteiger partial charge in [0.1, 0.15) is 12.4 Å². The van der Waals surface area contributed by atoms with Crippen LogP contribution in [0.3, 0.4) is 0 Å². The number of rotatable bonds is 4. The highest BCUT2D eigenvalue weighted by Crippen LogP contribution is 2.15. The molecular formula is C13H11BF2O3. The molecule has 98 valence electrons. The molecular weight excluding hydrogens is 253 g/mol. The minimum atomic E-state index is -1.55. The minimum absolute atomic E-state index is 0.107. The van der Waals surface area contributed by atoms with Crippen molar-refractivity contribution in [2.75, 3.05) is 0 Å². The normalized spacial score (nSPS) is 10.3. The fraction of sp³-hybridized carbons (Fsp3) is 0.0769. The molecule has 2 rings (SSSR count). The number of halogens is 2. The first-order chi connectivity index (χ1) is 9.08. The van der Waals surface area contributed by atoms with Crippen LogP contribution in [-0.4, -0.2) is 17.2 Å². The average Bonchev–Trinajstić information content (AvgIpc) is 2.41. The zero-order chi connectivity index (χ0) is 13.8. The van der Waals surface area contributed by atoms with E-state index in [0.29, 0.717) is 11.2 Å². The van der Waals surface area contributed by atoms with E-state index in [4.69, 9.17) is 14.8 Å². The Bertz CT molecular complexity index is 558. The largest absolute Gasteiger partial charge is 0.489 e. The molecule has 6 heteroatoms. The third-order valence-corrected chi connectivity index (χ3v) is 2.60. The second kappa shape index (κ2) is 5.82. The molecule has 0 aliphatic rings. The molecule has 0 spiro atoms. The van der Waals surface area contributed by atoms with Crippen LogP contribution >= 0.6 is 0 Å². The summed E-state index contributed by atoms with van der Waals surface area (Å²) in [6.45, 7) is -0.107. The van der Waals surface area contributed by atoms with Crippen molar-refractivity contribution in [3.63, 3.8) is 0 Å². The van der Waals surface area contributed by atoms with E-state index in [0.717, 1.165) is 6.07 Å². The summed E-state index contributed by atoms with van der Waals surface area (Å²) >= 11 is 0. The van der Waals surface area contributed by atoms with Crippen LogP contribution in [0.1, 0.15) is 5.56 Å². The summed E-state index contributed by atoms with van der Waals surface area (Å²) < 4.78 is 31.6. The molecule has 0 unspecified atom stereocenters. The standard InChI is InChI=1S/C13H11BF2O3/c15-12-3-1-2-9(13(12)16)8-19-11-6-4-10(5-7-11)14(17)18/h1-7,17-18H,8H2. The molecule has 0 heterocycles. The van der Waals surface area contributed by atoms with Gasteiger partial charge in [-0.1, -0.05) is 24.3 Å². The van der Waals surface area contributed by atoms with Gasteiger partial charge in [0, 0.05) is 5.56 Å². The number of benzene rings is 2. The van der Waals surface area contributed by atoms with E-state index >= 15 is 0 Å². The highest BCUT2D eigenvalue weighted by atomic mass is 19.2. The SMILES string of the molecule is OB(O)c1ccc(OCc2cccc(F)c2F)cc1. The van der Waals surface area contributed by atoms with Crippen molar-refractivity contribution in [3.8, 4) is 5.75 Å². The Kier molecular flexibility index (Phi) is 4.14. The van der Waals surface area contributed by atoms with Crippen molar-refractivity contribution in [2.24, 2.45) is 0 Å². The third-order valence-electron chi connectivity index (χ3n) is 2.60. The predicted molar refractivity (Wildman–Crippen MR) is 67.0 cm³/mol. The first kappa shape index (κ1) is 13.5. The van der Waals surface area contributed by atoms with Crippen LogP contribution in [0.25, 0.3) is 0 Å². The molecule has 19 heavy (non-hydrogen) atoms. The molecule has 0 radical (unpaired) electrons. The Hall–Kier alpha value is -1.92. The predicted octanol–water partition coefficient (Wildman–Crippen LogP) is 1.22. The summed E-state index contributed by atoms with van der Waals surface area (Å²) in [4.78, 5) is 0. The summed E-state index contributed by atoms with van der Waals surface area (Å²) in [7, 11) is -1.55. The third kappa shape index (κ3) is 3.30. The molecule has 0 aromatic heterocycles. The van der Waals surface area contributed by atoms with Crippen molar-refractivity contribution < 1.29 is 23.6 Å². The van der Waals surface area contributed by atoms with Crippen LogP contribution in [0, 0.1) is 11.6 Å². The van der Waals surface area contributed by atoms with Gasteiger partial charge in [0.05, 0.1) is 0 Å². The first-order valence-corrected chi connectivity index (χ1v) is 5.59. The van der Waals surface area contributed by atoms with E-state index in [-0.39, 0.29) is 12.2 Å². The van der Waals surface area contributed by atoms with Gasteiger partial charge in [-0.2, -0.15) is 0 Å². The van der Waals surface area contributed by atoms with Crippen molar-refractivity contribution in [3.05, 3.63) is 59.7 Å². The molecule has 0 atom stereocenters. The van der Waals surface area contributed by atoms with Gasteiger partial charge in [0.25, 0.3) is 0 Å². The Balaban J connectivity index is 2.04. The number of hydrogen-bond donors (Lipinski definition) is 2. The molecule has 0 saturated heterocycles. The van der Waals surface area contributed by atoms with Gasteiger partial charge in [0.15, 0.2) is 11.6 Å². The van der Waals surface area contributed by atoms with E-state index in [1.165, 1.54) is 36.4 Å². The highest BCUT2D eigenvalue weighted by molar-refractivity contribution is 6.58. The van der Waals surface area contributed by atoms with E-state index in [1.807, 2.05) is 0 Å². The lowest BCUT2D eigenvalue weighted by atomic mass is 9.80. The van der Waals surface area contributed by atoms with E-state index in [1.54, 1.807) is 0 Å². The van der Waals surface area contributed by atoms with Crippen LogP contribution in [0.15, 0.2) is 42.5 Å². The van der Waals surface area contributed by atoms with Gasteiger partial charge in [-0.3, -0.25) is 0 Å². The molecule has 2 N–H and O–H groups in total. The van der Waals surface area contributed by atoms with E-state index < -0.39 is 18.8 Å². The zero-order valence-electron chi connectivity index (χ0n) is 9.88. The Morgan fingerprint density at radius 3 is 2.32 bits per heavy atom. The average molecular weight is 264 g/mol. The molecule has 0 saturated carbocycles. The lowest BCUT2D eigenvalue weighted by Gasteiger charge is -2.08. The van der Waals surface area contributed by atoms with Crippen LogP contribution < -0.4 is 10.2 Å². The molecule has 3 nitrogen and oxygen atoms in total. The molecule has 0 aliphatic carbocycles. The van der Waals surface area contributed by atoms with Crippen molar-refractivity contribution >= 4 is 12.6 Å². The van der Waals surface area contributed by atoms with Crippen molar-refractivity contribution in [1.29, 1.82) is 0 Å². The van der Waals surface area contributed by atoms with E-state index in [9.17, 15) is 8.78 Å². The summed E-state index contributed by atoms with van der Waals surface area (Å²) in [5, 5.41) is 17.8. The fourth-order valence-electron chi connectivity index (χ4n) is 1.56. The monoisotopic (exact) mass is 264 g/mol. The Morgan fingerprint density at radius 1 is 1.00 bits per heavy atom. The quantitative estimate of drug-likeness (QED) is 0.816. The molecule has 0 amide bonds. The number of hydrogen-bond acceptors (Lipinski definition) is 3. The van der Waals surface area contributed by atoms with Crippen molar-refractivity contribution in [2.45, 2.75) is 6.61 Å². The van der Waals surface area contributed by atoms with Gasteiger partial charge in [-0.05, 0) is 23.7 Å². The molecule has 0 aliphatic heterocycles. The zero-order valence-corrected chi connectivity index (χ0v) is 9.88. The lowest BCUT2D eigenvalue weighted by molar-refractivity contribution is 0.297. The maximum Gasteiger partial charge on any atom is 0.488 e. The van der Waals surface area contributed by atoms with Crippen LogP contribution in [0.5, 0.6) is 5.75 Å². The van der Waals surface area contributed by atoms with E-state index in [2.05, 4.69) is 0 Å². The smallest absolute Gasteiger partial charge is 0.488 e. The molecule has 0 fully saturated rings. The van der Waals surface area contributed by atoms with Crippen molar-refractivity contribution in [1.82, 2.24) is 0 Å². The summed E-state index contributed by atoms with van der Waals surface area (Å²) in [6, 6.07) is 9.87. The molecule has 0 bridgehead atoms. The van der Waals surface area contributed by atoms with Gasteiger partial charge in [-0.15, -0.1) is 0 Å². The summed E-state index contributed by atoms with van der Waals surface area (Å²) in [5.41, 5.74) is 0.440. The second-order valence-electron chi connectivity index (χ2n) is 3.94. The van der Waals surface area contributed by atoms with Crippen LogP contribution in [0.2, 0.25) is 0 Å². The molecule has 2 aromatic rings. The summed E-state index contributed by atoms with van der Waals surface area (Å²) in [6.07, 6.45) is 0. The Labute approximate surface area is 109 Å². The van der Waals surface area contributed by atoms with Gasteiger partial charge in [0.2, 0.25) is 0 Å². The Morgan fingerprint density at radius 2 is 1.68 bits per heavy atom. The molecule has 2 aromatic carbocycles. The topological polar surface area (TPSA) is 49.7 Å². The highest BCUT2D eigenvalue weighted by Gasteiger charge is 2.11. The van der Waals surface area contributed by atoms with Gasteiger partial charge < -0.3 is 14.8 Å². The van der Waals surface area contributed by atoms with Crippen LogP contribution in [-0.2, 0) is 6.61 Å². The maximum absolute atomic E-state index is 13.4. The lowest BCUT2D eigenvalue weighted by Crippen LogP contribution is -2.29. The maximum atomic E-state index is 13.4. The second-order valence-corrected chi connectivity index (χ2v) is 3.94. The van der Waals surface area contributed by atoms with Gasteiger partial charge in [-0.25, -0.2) is 8.78 Å². The van der Waals surface area contributed by atoms with Crippen LogP contribution in [0.4, 0.5) is 8.78 Å². The minimum Gasteiger partial charge on any atom is -0.489 e. The van der Waals surface area contributed by atoms with Gasteiger partial charge >= 0.3 is 7.12 Å². The number of ether oxygens (including phenoxy) is 1. The summed E-state index contributed by atoms with van der Waals surface area (Å²) in [5.74, 6) is -1.42. The fourth-order valence-corrected chi connectivity index (χ4v) is 1.56.